The second-order valence-electron chi connectivity index (χ2n) is 3.74. The highest BCUT2D eigenvalue weighted by Gasteiger charge is 2.11. The molecule has 0 amide bonds. The molecular formula is C11H16N4O6. The summed E-state index contributed by atoms with van der Waals surface area (Å²) in [4.78, 5) is 18.7. The zero-order valence-electron chi connectivity index (χ0n) is 11.2. The highest BCUT2D eigenvalue weighted by molar-refractivity contribution is 5.70. The van der Waals surface area contributed by atoms with Gasteiger partial charge in [0.25, 0.3) is 0 Å². The van der Waals surface area contributed by atoms with Crippen LogP contribution in [0.25, 0.3) is 10.4 Å². The summed E-state index contributed by atoms with van der Waals surface area (Å²) < 4.78 is 10.8. The van der Waals surface area contributed by atoms with E-state index >= 15 is 0 Å². The third-order valence-electron chi connectivity index (χ3n) is 2.21. The van der Waals surface area contributed by atoms with Gasteiger partial charge in [-0.2, -0.15) is 0 Å². The van der Waals surface area contributed by atoms with Crippen molar-refractivity contribution < 1.29 is 29.3 Å². The molecule has 0 atom stereocenters. The largest absolute Gasteiger partial charge is 0.492 e. The second kappa shape index (κ2) is 9.48. The van der Waals surface area contributed by atoms with E-state index in [9.17, 15) is 15.0 Å². The molecular weight excluding hydrogens is 284 g/mol. The Labute approximate surface area is 120 Å². The van der Waals surface area contributed by atoms with Gasteiger partial charge in [0.1, 0.15) is 0 Å². The average Bonchev–Trinajstić information content (AvgIpc) is 2.77. The van der Waals surface area contributed by atoms with Crippen LogP contribution in [0.15, 0.2) is 17.2 Å². The van der Waals surface area contributed by atoms with Crippen LogP contribution in [-0.4, -0.2) is 53.9 Å². The van der Waals surface area contributed by atoms with Crippen LogP contribution in [0.3, 0.4) is 0 Å². The van der Waals surface area contributed by atoms with Gasteiger partial charge in [0.05, 0.1) is 32.8 Å². The summed E-state index contributed by atoms with van der Waals surface area (Å²) in [6.07, 6.45) is -0.0458. The molecule has 1 aromatic heterocycles. The highest BCUT2D eigenvalue weighted by atomic mass is 16.7. The Bertz CT molecular complexity index is 477. The Kier molecular flexibility index (Phi) is 7.51. The van der Waals surface area contributed by atoms with E-state index in [1.165, 1.54) is 12.1 Å². The Morgan fingerprint density at radius 3 is 2.43 bits per heavy atom. The first-order valence-electron chi connectivity index (χ1n) is 6.12. The number of carbonyl (C=O) groups excluding carboxylic acids is 1. The number of nitrogens with zero attached hydrogens (tertiary/aromatic N) is 4. The standard InChI is InChI=1S/C11H16N4O6/c12-14-13-4-6-20-8-7-19-5-3-11(18)21-15-9(16)1-2-10(15)17/h1-2,16-17H,3-8H2. The maximum Gasteiger partial charge on any atom is 0.335 e. The van der Waals surface area contributed by atoms with Crippen LogP contribution >= 0.6 is 0 Å². The van der Waals surface area contributed by atoms with Crippen molar-refractivity contribution in [2.45, 2.75) is 6.42 Å². The molecule has 10 nitrogen and oxygen atoms in total. The van der Waals surface area contributed by atoms with E-state index in [1.807, 2.05) is 0 Å². The monoisotopic (exact) mass is 300 g/mol. The van der Waals surface area contributed by atoms with Crippen molar-refractivity contribution in [1.82, 2.24) is 4.73 Å². The molecule has 0 saturated carbocycles. The van der Waals surface area contributed by atoms with E-state index in [2.05, 4.69) is 10.0 Å². The van der Waals surface area contributed by atoms with Crippen molar-refractivity contribution in [2.75, 3.05) is 33.0 Å². The molecule has 2 N–H and O–H groups in total. The quantitative estimate of drug-likeness (QED) is 0.280. The number of aromatic hydroxyl groups is 2. The predicted molar refractivity (Wildman–Crippen MR) is 69.6 cm³/mol. The molecule has 0 aliphatic rings. The highest BCUT2D eigenvalue weighted by Crippen LogP contribution is 2.18. The Balaban J connectivity index is 2.05. The van der Waals surface area contributed by atoms with E-state index in [4.69, 9.17) is 19.8 Å². The van der Waals surface area contributed by atoms with E-state index in [0.717, 1.165) is 0 Å². The van der Waals surface area contributed by atoms with Gasteiger partial charge in [0, 0.05) is 23.6 Å². The summed E-state index contributed by atoms with van der Waals surface area (Å²) in [7, 11) is 0. The van der Waals surface area contributed by atoms with Gasteiger partial charge in [-0.1, -0.05) is 5.11 Å². The first kappa shape index (κ1) is 16.6. The summed E-state index contributed by atoms with van der Waals surface area (Å²) in [6, 6.07) is 2.37. The van der Waals surface area contributed by atoms with E-state index < -0.39 is 5.97 Å². The Morgan fingerprint density at radius 2 is 1.81 bits per heavy atom. The fourth-order valence-electron chi connectivity index (χ4n) is 1.27. The summed E-state index contributed by atoms with van der Waals surface area (Å²) in [6.45, 7) is 1.27. The van der Waals surface area contributed by atoms with Crippen molar-refractivity contribution in [3.05, 3.63) is 22.6 Å². The number of carbonyl (C=O) groups is 1. The number of hydrogen-bond acceptors (Lipinski definition) is 7. The molecule has 1 aromatic rings. The number of ether oxygens (including phenoxy) is 2. The molecule has 116 valence electrons. The minimum absolute atomic E-state index is 0.0458. The number of azide groups is 1. The normalized spacial score (nSPS) is 10.1. The maximum atomic E-state index is 11.4. The molecule has 0 radical (unpaired) electrons. The van der Waals surface area contributed by atoms with Crippen LogP contribution in [-0.2, 0) is 14.3 Å². The summed E-state index contributed by atoms with van der Waals surface area (Å²) in [5.74, 6) is -1.42. The third-order valence-corrected chi connectivity index (χ3v) is 2.21. The van der Waals surface area contributed by atoms with Gasteiger partial charge >= 0.3 is 5.97 Å². The lowest BCUT2D eigenvalue weighted by Gasteiger charge is -2.07. The molecule has 0 saturated heterocycles. The van der Waals surface area contributed by atoms with Gasteiger partial charge < -0.3 is 24.5 Å². The van der Waals surface area contributed by atoms with Gasteiger partial charge in [0.2, 0.25) is 11.8 Å². The molecule has 1 rings (SSSR count). The van der Waals surface area contributed by atoms with Gasteiger partial charge in [-0.15, -0.1) is 4.73 Å². The van der Waals surface area contributed by atoms with Crippen molar-refractivity contribution >= 4 is 5.97 Å². The van der Waals surface area contributed by atoms with Crippen LogP contribution in [0, 0.1) is 0 Å². The number of rotatable bonds is 10. The van der Waals surface area contributed by atoms with Crippen molar-refractivity contribution in [1.29, 1.82) is 0 Å². The smallest absolute Gasteiger partial charge is 0.335 e. The molecule has 0 spiro atoms. The first-order valence-corrected chi connectivity index (χ1v) is 6.12. The minimum Gasteiger partial charge on any atom is -0.492 e. The van der Waals surface area contributed by atoms with Gasteiger partial charge in [-0.25, -0.2) is 4.79 Å². The van der Waals surface area contributed by atoms with Gasteiger partial charge in [-0.3, -0.25) is 0 Å². The molecule has 0 aliphatic carbocycles. The Morgan fingerprint density at radius 1 is 1.19 bits per heavy atom. The van der Waals surface area contributed by atoms with Crippen molar-refractivity contribution in [3.63, 3.8) is 0 Å². The maximum absolute atomic E-state index is 11.4. The fraction of sp³-hybridized carbons (Fsp3) is 0.545. The molecule has 0 bridgehead atoms. The third kappa shape index (κ3) is 6.52. The zero-order valence-corrected chi connectivity index (χ0v) is 11.2. The topological polar surface area (TPSA) is 139 Å². The van der Waals surface area contributed by atoms with Crippen LogP contribution in [0.5, 0.6) is 11.8 Å². The van der Waals surface area contributed by atoms with Crippen LogP contribution in [0.4, 0.5) is 0 Å². The molecule has 1 heterocycles. The van der Waals surface area contributed by atoms with Crippen molar-refractivity contribution in [2.24, 2.45) is 5.11 Å². The lowest BCUT2D eigenvalue weighted by atomic mass is 10.5. The second-order valence-corrected chi connectivity index (χ2v) is 3.74. The first-order chi connectivity index (χ1) is 10.1. The van der Waals surface area contributed by atoms with E-state index in [0.29, 0.717) is 17.9 Å². The average molecular weight is 300 g/mol. The zero-order chi connectivity index (χ0) is 15.5. The molecule has 0 aromatic carbocycles. The summed E-state index contributed by atoms with van der Waals surface area (Å²) in [5.41, 5.74) is 8.02. The molecule has 0 unspecified atom stereocenters. The Hall–Kier alpha value is -2.42. The van der Waals surface area contributed by atoms with Gasteiger partial charge in [-0.05, 0) is 5.53 Å². The SMILES string of the molecule is [N-]=[N+]=NCCOCCOCCC(=O)On1c(O)ccc1O. The fourth-order valence-corrected chi connectivity index (χ4v) is 1.27. The number of hydrogen-bond donors (Lipinski definition) is 2. The predicted octanol–water partition coefficient (Wildman–Crippen LogP) is 0.588. The van der Waals surface area contributed by atoms with Crippen LogP contribution in [0.1, 0.15) is 6.42 Å². The van der Waals surface area contributed by atoms with Gasteiger partial charge in [0.15, 0.2) is 0 Å². The van der Waals surface area contributed by atoms with E-state index in [1.54, 1.807) is 0 Å². The summed E-state index contributed by atoms with van der Waals surface area (Å²) in [5, 5.41) is 21.8. The minimum atomic E-state index is -0.666. The molecule has 10 heteroatoms. The van der Waals surface area contributed by atoms with E-state index in [-0.39, 0.29) is 37.9 Å². The molecule has 0 fully saturated rings. The molecule has 21 heavy (non-hydrogen) atoms. The van der Waals surface area contributed by atoms with Crippen LogP contribution < -0.4 is 4.84 Å². The van der Waals surface area contributed by atoms with Crippen LogP contribution in [0.2, 0.25) is 0 Å². The lowest BCUT2D eigenvalue weighted by molar-refractivity contribution is -0.146. The molecule has 0 aliphatic heterocycles. The van der Waals surface area contributed by atoms with Crippen molar-refractivity contribution in [3.8, 4) is 11.8 Å². The lowest BCUT2D eigenvalue weighted by Crippen LogP contribution is -2.20. The number of aromatic nitrogens is 1. The summed E-state index contributed by atoms with van der Waals surface area (Å²) >= 11 is 0.